The van der Waals surface area contributed by atoms with Crippen molar-refractivity contribution < 1.29 is 19.4 Å². The molecule has 2 atom stereocenters. The minimum Gasteiger partial charge on any atom is -0.506 e. The Kier molecular flexibility index (Phi) is 5.88. The molecule has 0 fully saturated rings. The van der Waals surface area contributed by atoms with Crippen molar-refractivity contribution in [2.45, 2.75) is 46.5 Å². The van der Waals surface area contributed by atoms with Crippen LogP contribution in [-0.2, 0) is 14.3 Å². The van der Waals surface area contributed by atoms with Crippen LogP contribution in [0.5, 0.6) is 5.75 Å². The molecular weight excluding hydrogens is 490 g/mol. The van der Waals surface area contributed by atoms with Crippen molar-refractivity contribution in [2.24, 2.45) is 16.3 Å². The number of benzene rings is 1. The fourth-order valence-corrected chi connectivity index (χ4v) is 5.40. The number of carbonyl (C=O) groups excluding carboxylic acids is 2. The number of hydrogen-bond donors (Lipinski definition) is 1. The highest BCUT2D eigenvalue weighted by Gasteiger charge is 2.47. The molecule has 0 amide bonds. The lowest BCUT2D eigenvalue weighted by atomic mass is 9.66. The molecule has 1 aliphatic carbocycles. The highest BCUT2D eigenvalue weighted by molar-refractivity contribution is 9.11. The monoisotopic (exact) mass is 511 g/mol. The SMILES string of the molecule is CCOC(=O)C1C(C)=NC2=C(C(=O)CC(C)(C)C2)[C@@H]1c1cc(Br)cc(Br)c1O. The van der Waals surface area contributed by atoms with Gasteiger partial charge in [-0.15, -0.1) is 0 Å². The number of ether oxygens (including phenoxy) is 1. The number of rotatable bonds is 3. The van der Waals surface area contributed by atoms with Crippen LogP contribution in [0.4, 0.5) is 0 Å². The van der Waals surface area contributed by atoms with Gasteiger partial charge in [0.1, 0.15) is 11.7 Å². The van der Waals surface area contributed by atoms with Crippen LogP contribution in [0.15, 0.2) is 37.3 Å². The highest BCUT2D eigenvalue weighted by Crippen LogP contribution is 2.50. The first kappa shape index (κ1) is 21.2. The zero-order valence-corrected chi connectivity index (χ0v) is 19.5. The number of aliphatic imine (C=N–C) groups is 1. The summed E-state index contributed by atoms with van der Waals surface area (Å²) in [7, 11) is 0. The predicted molar refractivity (Wildman–Crippen MR) is 115 cm³/mol. The second kappa shape index (κ2) is 7.75. The number of Topliss-reactive ketones (excluding diaryl/α,β-unsaturated/α-hetero) is 1. The van der Waals surface area contributed by atoms with E-state index in [0.717, 1.165) is 4.47 Å². The topological polar surface area (TPSA) is 76.0 Å². The van der Waals surface area contributed by atoms with Crippen molar-refractivity contribution in [3.8, 4) is 5.75 Å². The standard InChI is InChI=1S/C21H23Br2NO4/c1-5-28-20(27)16-10(2)24-14-8-21(3,4)9-15(25)18(14)17(16)12-6-11(22)7-13(23)19(12)26/h6-7,16-17,26H,5,8-9H2,1-4H3/t16?,17-/m1/s1. The molecule has 1 aliphatic heterocycles. The number of halogens is 2. The summed E-state index contributed by atoms with van der Waals surface area (Å²) >= 11 is 6.81. The Morgan fingerprint density at radius 2 is 2.00 bits per heavy atom. The first-order valence-electron chi connectivity index (χ1n) is 9.21. The summed E-state index contributed by atoms with van der Waals surface area (Å²) in [6.45, 7) is 7.84. The number of carbonyl (C=O) groups is 2. The molecule has 0 radical (unpaired) electrons. The third kappa shape index (κ3) is 3.83. The van der Waals surface area contributed by atoms with Gasteiger partial charge in [-0.2, -0.15) is 0 Å². The van der Waals surface area contributed by atoms with E-state index in [1.54, 1.807) is 26.0 Å². The fraction of sp³-hybridized carbons (Fsp3) is 0.476. The Morgan fingerprint density at radius 3 is 2.64 bits per heavy atom. The maximum Gasteiger partial charge on any atom is 0.315 e. The molecule has 0 saturated heterocycles. The van der Waals surface area contributed by atoms with Crippen LogP contribution in [0.25, 0.3) is 0 Å². The molecule has 5 nitrogen and oxygen atoms in total. The van der Waals surface area contributed by atoms with Crippen LogP contribution >= 0.6 is 31.9 Å². The van der Waals surface area contributed by atoms with E-state index in [-0.39, 0.29) is 23.6 Å². The summed E-state index contributed by atoms with van der Waals surface area (Å²) in [5.41, 5.74) is 2.14. The van der Waals surface area contributed by atoms with E-state index < -0.39 is 17.8 Å². The number of allylic oxidation sites excluding steroid dienone is 2. The summed E-state index contributed by atoms with van der Waals surface area (Å²) in [4.78, 5) is 30.7. The van der Waals surface area contributed by atoms with E-state index in [4.69, 9.17) is 4.74 Å². The zero-order valence-electron chi connectivity index (χ0n) is 16.3. The average molecular weight is 513 g/mol. The van der Waals surface area contributed by atoms with Gasteiger partial charge < -0.3 is 9.84 Å². The molecule has 3 rings (SSSR count). The predicted octanol–water partition coefficient (Wildman–Crippen LogP) is 5.30. The molecule has 0 aromatic heterocycles. The van der Waals surface area contributed by atoms with Crippen LogP contribution < -0.4 is 0 Å². The van der Waals surface area contributed by atoms with E-state index in [0.29, 0.717) is 39.9 Å². The van der Waals surface area contributed by atoms with Gasteiger partial charge in [0.15, 0.2) is 5.78 Å². The number of ketones is 1. The van der Waals surface area contributed by atoms with Crippen LogP contribution in [0.1, 0.15) is 52.0 Å². The summed E-state index contributed by atoms with van der Waals surface area (Å²) in [5, 5.41) is 10.8. The summed E-state index contributed by atoms with van der Waals surface area (Å²) in [6.07, 6.45) is 1.02. The maximum absolute atomic E-state index is 13.2. The number of nitrogens with zero attached hydrogens (tertiary/aromatic N) is 1. The molecule has 0 bridgehead atoms. The third-order valence-corrected chi connectivity index (χ3v) is 6.30. The second-order valence-electron chi connectivity index (χ2n) is 8.09. The van der Waals surface area contributed by atoms with Crippen molar-refractivity contribution >= 4 is 49.3 Å². The van der Waals surface area contributed by atoms with Gasteiger partial charge in [0, 0.05) is 39.4 Å². The van der Waals surface area contributed by atoms with Crippen molar-refractivity contribution in [3.05, 3.63) is 37.9 Å². The molecule has 0 spiro atoms. The second-order valence-corrected chi connectivity index (χ2v) is 9.86. The van der Waals surface area contributed by atoms with Gasteiger partial charge in [0.25, 0.3) is 0 Å². The Hall–Kier alpha value is -1.47. The molecule has 1 aromatic carbocycles. The van der Waals surface area contributed by atoms with E-state index in [1.807, 2.05) is 13.8 Å². The molecular formula is C21H23Br2NO4. The molecule has 1 unspecified atom stereocenters. The Morgan fingerprint density at radius 1 is 1.32 bits per heavy atom. The molecule has 150 valence electrons. The molecule has 1 N–H and O–H groups in total. The number of hydrogen-bond acceptors (Lipinski definition) is 5. The number of aromatic hydroxyl groups is 1. The molecule has 28 heavy (non-hydrogen) atoms. The van der Waals surface area contributed by atoms with Gasteiger partial charge in [0.2, 0.25) is 0 Å². The Balaban J connectivity index is 2.26. The molecule has 7 heteroatoms. The summed E-state index contributed by atoms with van der Waals surface area (Å²) in [5.74, 6) is -1.84. The molecule has 0 saturated carbocycles. The summed E-state index contributed by atoms with van der Waals surface area (Å²) in [6, 6.07) is 3.48. The normalized spacial score (nSPS) is 23.9. The van der Waals surface area contributed by atoms with Gasteiger partial charge in [0.05, 0.1) is 11.1 Å². The van der Waals surface area contributed by atoms with Gasteiger partial charge in [-0.1, -0.05) is 29.8 Å². The van der Waals surface area contributed by atoms with Crippen molar-refractivity contribution in [2.75, 3.05) is 6.61 Å². The lowest BCUT2D eigenvalue weighted by Gasteiger charge is -2.39. The van der Waals surface area contributed by atoms with Crippen molar-refractivity contribution in [3.63, 3.8) is 0 Å². The van der Waals surface area contributed by atoms with Gasteiger partial charge >= 0.3 is 5.97 Å². The van der Waals surface area contributed by atoms with Gasteiger partial charge in [-0.3, -0.25) is 14.6 Å². The molecule has 2 aliphatic rings. The van der Waals surface area contributed by atoms with Crippen LogP contribution in [0.2, 0.25) is 0 Å². The van der Waals surface area contributed by atoms with Crippen LogP contribution in [-0.4, -0.2) is 29.2 Å². The average Bonchev–Trinajstić information content (AvgIpc) is 2.55. The van der Waals surface area contributed by atoms with E-state index in [1.165, 1.54) is 0 Å². The highest BCUT2D eigenvalue weighted by atomic mass is 79.9. The van der Waals surface area contributed by atoms with Crippen LogP contribution in [0.3, 0.4) is 0 Å². The maximum atomic E-state index is 13.2. The smallest absolute Gasteiger partial charge is 0.315 e. The molecule has 1 heterocycles. The van der Waals surface area contributed by atoms with Crippen molar-refractivity contribution in [1.29, 1.82) is 0 Å². The first-order valence-corrected chi connectivity index (χ1v) is 10.8. The van der Waals surface area contributed by atoms with Crippen LogP contribution in [0, 0.1) is 11.3 Å². The number of phenols is 1. The quantitative estimate of drug-likeness (QED) is 0.557. The third-order valence-electron chi connectivity index (χ3n) is 5.24. The van der Waals surface area contributed by atoms with Crippen molar-refractivity contribution in [1.82, 2.24) is 0 Å². The largest absolute Gasteiger partial charge is 0.506 e. The minimum atomic E-state index is -0.754. The van der Waals surface area contributed by atoms with Gasteiger partial charge in [-0.05, 0) is 53.7 Å². The Bertz CT molecular complexity index is 917. The zero-order chi connectivity index (χ0) is 20.8. The van der Waals surface area contributed by atoms with E-state index in [9.17, 15) is 14.7 Å². The number of esters is 1. The Labute approximate surface area is 181 Å². The minimum absolute atomic E-state index is 0.0154. The lowest BCUT2D eigenvalue weighted by Crippen LogP contribution is -2.39. The number of phenolic OH excluding ortho intramolecular Hbond substituents is 1. The lowest BCUT2D eigenvalue weighted by molar-refractivity contribution is -0.146. The van der Waals surface area contributed by atoms with E-state index >= 15 is 0 Å². The molecule has 1 aromatic rings. The fourth-order valence-electron chi connectivity index (χ4n) is 4.14. The summed E-state index contributed by atoms with van der Waals surface area (Å²) < 4.78 is 6.53. The van der Waals surface area contributed by atoms with Gasteiger partial charge in [-0.25, -0.2) is 0 Å². The van der Waals surface area contributed by atoms with E-state index in [2.05, 4.69) is 36.9 Å². The first-order chi connectivity index (χ1) is 13.1.